The highest BCUT2D eigenvalue weighted by molar-refractivity contribution is 7.89. The first-order chi connectivity index (χ1) is 9.92. The van der Waals surface area contributed by atoms with Gasteiger partial charge in [-0.1, -0.05) is 0 Å². The van der Waals surface area contributed by atoms with Crippen molar-refractivity contribution in [1.29, 1.82) is 0 Å². The second-order valence-electron chi connectivity index (χ2n) is 5.31. The molecule has 0 aliphatic heterocycles. The summed E-state index contributed by atoms with van der Waals surface area (Å²) >= 11 is 0. The summed E-state index contributed by atoms with van der Waals surface area (Å²) in [5.74, 6) is -0.282. The van der Waals surface area contributed by atoms with Crippen molar-refractivity contribution in [3.05, 3.63) is 29.8 Å². The highest BCUT2D eigenvalue weighted by Crippen LogP contribution is 2.22. The Morgan fingerprint density at radius 1 is 1.33 bits per heavy atom. The van der Waals surface area contributed by atoms with E-state index in [1.807, 2.05) is 0 Å². The molecule has 1 aliphatic carbocycles. The van der Waals surface area contributed by atoms with Crippen molar-refractivity contribution in [1.82, 2.24) is 10.0 Å². The first-order valence-electron chi connectivity index (χ1n) is 6.96. The van der Waals surface area contributed by atoms with Crippen LogP contribution in [0.2, 0.25) is 0 Å². The molecule has 1 saturated carbocycles. The Morgan fingerprint density at radius 2 is 1.95 bits per heavy atom. The highest BCUT2D eigenvalue weighted by Gasteiger charge is 2.27. The van der Waals surface area contributed by atoms with E-state index in [1.54, 1.807) is 6.92 Å². The molecule has 1 fully saturated rings. The summed E-state index contributed by atoms with van der Waals surface area (Å²) in [6, 6.07) is 5.75. The van der Waals surface area contributed by atoms with Crippen LogP contribution in [0.1, 0.15) is 36.5 Å². The molecule has 0 radical (unpaired) electrons. The molecular formula is C14H20N2O4S. The number of carbonyl (C=O) groups is 1. The summed E-state index contributed by atoms with van der Waals surface area (Å²) in [6.45, 7) is 1.80. The topological polar surface area (TPSA) is 95.5 Å². The Bertz CT molecular complexity index is 594. The molecule has 7 heteroatoms. The number of nitrogens with one attached hydrogen (secondary N) is 2. The monoisotopic (exact) mass is 312 g/mol. The molecule has 0 bridgehead atoms. The van der Waals surface area contributed by atoms with Crippen molar-refractivity contribution in [3.8, 4) is 0 Å². The largest absolute Gasteiger partial charge is 0.396 e. The lowest BCUT2D eigenvalue weighted by Crippen LogP contribution is -2.33. The third-order valence-corrected chi connectivity index (χ3v) is 4.80. The molecule has 0 unspecified atom stereocenters. The van der Waals surface area contributed by atoms with Gasteiger partial charge in [-0.2, -0.15) is 0 Å². The third kappa shape index (κ3) is 4.52. The van der Waals surface area contributed by atoms with Crippen LogP contribution in [0.5, 0.6) is 0 Å². The van der Waals surface area contributed by atoms with Crippen molar-refractivity contribution < 1.29 is 18.3 Å². The van der Waals surface area contributed by atoms with E-state index in [1.165, 1.54) is 24.3 Å². The minimum absolute atomic E-state index is 0.00542. The van der Waals surface area contributed by atoms with Gasteiger partial charge in [-0.25, -0.2) is 13.1 Å². The first-order valence-corrected chi connectivity index (χ1v) is 8.45. The Hall–Kier alpha value is -1.44. The quantitative estimate of drug-likeness (QED) is 0.688. The Kier molecular flexibility index (Phi) is 4.97. The standard InChI is InChI=1S/C14H20N2O4S/c1-10(8-9-17)15-14(18)11-2-6-13(7-3-11)21(19,20)16-12-4-5-12/h2-3,6-7,10,12,16-17H,4-5,8-9H2,1H3,(H,15,18)/t10-/m1/s1. The lowest BCUT2D eigenvalue weighted by Gasteiger charge is -2.12. The fraction of sp³-hybridized carbons (Fsp3) is 0.500. The SMILES string of the molecule is C[C@H](CCO)NC(=O)c1ccc(S(=O)(=O)NC2CC2)cc1. The third-order valence-electron chi connectivity index (χ3n) is 3.27. The van der Waals surface area contributed by atoms with Crippen LogP contribution in [0.4, 0.5) is 0 Å². The van der Waals surface area contributed by atoms with Crippen molar-refractivity contribution in [2.75, 3.05) is 6.61 Å². The number of aliphatic hydroxyl groups excluding tert-OH is 1. The van der Waals surface area contributed by atoms with E-state index in [-0.39, 0.29) is 29.5 Å². The minimum Gasteiger partial charge on any atom is -0.396 e. The van der Waals surface area contributed by atoms with Crippen molar-refractivity contribution in [2.45, 2.75) is 43.2 Å². The lowest BCUT2D eigenvalue weighted by molar-refractivity contribution is 0.0934. The minimum atomic E-state index is -3.49. The summed E-state index contributed by atoms with van der Waals surface area (Å²) in [5, 5.41) is 11.5. The lowest BCUT2D eigenvalue weighted by atomic mass is 10.2. The van der Waals surface area contributed by atoms with Crippen LogP contribution in [0.25, 0.3) is 0 Å². The molecule has 1 amide bonds. The van der Waals surface area contributed by atoms with E-state index in [0.717, 1.165) is 12.8 Å². The maximum Gasteiger partial charge on any atom is 0.251 e. The van der Waals surface area contributed by atoms with Crippen molar-refractivity contribution in [2.24, 2.45) is 0 Å². The van der Waals surface area contributed by atoms with E-state index in [0.29, 0.717) is 12.0 Å². The molecule has 116 valence electrons. The average Bonchev–Trinajstić information content (AvgIpc) is 3.22. The summed E-state index contributed by atoms with van der Waals surface area (Å²) in [5.41, 5.74) is 0.394. The summed E-state index contributed by atoms with van der Waals surface area (Å²) in [6.07, 6.45) is 2.23. The van der Waals surface area contributed by atoms with Gasteiger partial charge >= 0.3 is 0 Å². The molecule has 3 N–H and O–H groups in total. The number of hydrogen-bond donors (Lipinski definition) is 3. The number of rotatable bonds is 7. The van der Waals surface area contributed by atoms with Crippen LogP contribution >= 0.6 is 0 Å². The molecule has 0 aromatic heterocycles. The van der Waals surface area contributed by atoms with Gasteiger partial charge in [0.05, 0.1) is 4.90 Å². The Balaban J connectivity index is 2.02. The molecule has 0 heterocycles. The van der Waals surface area contributed by atoms with Gasteiger partial charge in [0.25, 0.3) is 5.91 Å². The van der Waals surface area contributed by atoms with E-state index >= 15 is 0 Å². The average molecular weight is 312 g/mol. The van der Waals surface area contributed by atoms with E-state index < -0.39 is 10.0 Å². The molecule has 2 rings (SSSR count). The van der Waals surface area contributed by atoms with Gasteiger partial charge in [0.2, 0.25) is 10.0 Å². The van der Waals surface area contributed by atoms with Gasteiger partial charge in [0.1, 0.15) is 0 Å². The normalized spacial score (nSPS) is 16.5. The van der Waals surface area contributed by atoms with Crippen LogP contribution < -0.4 is 10.0 Å². The van der Waals surface area contributed by atoms with E-state index in [4.69, 9.17) is 5.11 Å². The number of benzene rings is 1. The van der Waals surface area contributed by atoms with Crippen molar-refractivity contribution in [3.63, 3.8) is 0 Å². The molecule has 1 atom stereocenters. The van der Waals surface area contributed by atoms with Gasteiger partial charge in [0.15, 0.2) is 0 Å². The maximum absolute atomic E-state index is 12.0. The molecular weight excluding hydrogens is 292 g/mol. The fourth-order valence-corrected chi connectivity index (χ4v) is 3.15. The van der Waals surface area contributed by atoms with Crippen LogP contribution in [0.3, 0.4) is 0 Å². The fourth-order valence-electron chi connectivity index (χ4n) is 1.85. The van der Waals surface area contributed by atoms with Crippen molar-refractivity contribution >= 4 is 15.9 Å². The van der Waals surface area contributed by atoms with Gasteiger partial charge in [-0.05, 0) is 50.5 Å². The zero-order chi connectivity index (χ0) is 15.5. The molecule has 1 aromatic carbocycles. The van der Waals surface area contributed by atoms with E-state index in [2.05, 4.69) is 10.0 Å². The van der Waals surface area contributed by atoms with Gasteiger partial charge < -0.3 is 10.4 Å². The molecule has 6 nitrogen and oxygen atoms in total. The van der Waals surface area contributed by atoms with Gasteiger partial charge in [-0.3, -0.25) is 4.79 Å². The predicted molar refractivity (Wildman–Crippen MR) is 78.4 cm³/mol. The van der Waals surface area contributed by atoms with Gasteiger partial charge in [-0.15, -0.1) is 0 Å². The Labute approximate surface area is 124 Å². The highest BCUT2D eigenvalue weighted by atomic mass is 32.2. The number of aliphatic hydroxyl groups is 1. The summed E-state index contributed by atoms with van der Waals surface area (Å²) in [4.78, 5) is 12.1. The summed E-state index contributed by atoms with van der Waals surface area (Å²) < 4.78 is 26.6. The second kappa shape index (κ2) is 6.55. The maximum atomic E-state index is 12.0. The molecule has 0 saturated heterocycles. The van der Waals surface area contributed by atoms with Gasteiger partial charge in [0, 0.05) is 24.3 Å². The smallest absolute Gasteiger partial charge is 0.251 e. The van der Waals surface area contributed by atoms with Crippen LogP contribution in [0, 0.1) is 0 Å². The second-order valence-corrected chi connectivity index (χ2v) is 7.02. The van der Waals surface area contributed by atoms with Crippen LogP contribution in [-0.4, -0.2) is 38.1 Å². The molecule has 21 heavy (non-hydrogen) atoms. The van der Waals surface area contributed by atoms with Crippen LogP contribution in [0.15, 0.2) is 29.2 Å². The summed E-state index contributed by atoms with van der Waals surface area (Å²) in [7, 11) is -3.49. The molecule has 1 aromatic rings. The number of hydrogen-bond acceptors (Lipinski definition) is 4. The van der Waals surface area contributed by atoms with Crippen LogP contribution in [-0.2, 0) is 10.0 Å². The molecule has 0 spiro atoms. The predicted octanol–water partition coefficient (Wildman–Crippen LogP) is 0.628. The van der Waals surface area contributed by atoms with E-state index in [9.17, 15) is 13.2 Å². The number of amides is 1. The Morgan fingerprint density at radius 3 is 2.48 bits per heavy atom. The first kappa shape index (κ1) is 15.9. The zero-order valence-electron chi connectivity index (χ0n) is 11.9. The number of sulfonamides is 1. The number of carbonyl (C=O) groups excluding carboxylic acids is 1. The zero-order valence-corrected chi connectivity index (χ0v) is 12.7. The molecule has 1 aliphatic rings.